The van der Waals surface area contributed by atoms with E-state index in [0.717, 1.165) is 6.07 Å². The number of hydrogen-bond acceptors (Lipinski definition) is 2. The van der Waals surface area contributed by atoms with E-state index in [9.17, 15) is 18.0 Å². The molecule has 0 spiro atoms. The minimum Gasteiger partial charge on any atom is -0.399 e. The van der Waals surface area contributed by atoms with Gasteiger partial charge in [0.1, 0.15) is 0 Å². The maximum atomic E-state index is 13.6. The molecule has 3 N–H and O–H groups in total. The van der Waals surface area contributed by atoms with Gasteiger partial charge in [0.05, 0.1) is 5.56 Å². The van der Waals surface area contributed by atoms with Crippen LogP contribution in [0, 0.1) is 31.3 Å². The van der Waals surface area contributed by atoms with Crippen molar-refractivity contribution in [3.8, 4) is 0 Å². The standard InChI is InChI=1S/C15H13F3N2O/c1-7-5-9(19)6-8(2)14(7)20-15(21)10-3-4-11(16)13(18)12(10)17/h3-6H,19H2,1-2H3,(H,20,21). The van der Waals surface area contributed by atoms with Crippen LogP contribution >= 0.6 is 0 Å². The van der Waals surface area contributed by atoms with Crippen molar-refractivity contribution >= 4 is 17.3 Å². The molecule has 0 bridgehead atoms. The molecule has 0 saturated carbocycles. The van der Waals surface area contributed by atoms with E-state index in [1.807, 2.05) is 0 Å². The molecule has 21 heavy (non-hydrogen) atoms. The van der Waals surface area contributed by atoms with Gasteiger partial charge in [-0.3, -0.25) is 4.79 Å². The van der Waals surface area contributed by atoms with Crippen molar-refractivity contribution in [2.24, 2.45) is 0 Å². The Hall–Kier alpha value is -2.50. The normalized spacial score (nSPS) is 10.5. The molecule has 1 amide bonds. The summed E-state index contributed by atoms with van der Waals surface area (Å²) >= 11 is 0. The summed E-state index contributed by atoms with van der Waals surface area (Å²) in [5.74, 6) is -5.39. The van der Waals surface area contributed by atoms with Gasteiger partial charge in [0.2, 0.25) is 0 Å². The summed E-state index contributed by atoms with van der Waals surface area (Å²) in [5.41, 5.74) is 7.46. The van der Waals surface area contributed by atoms with Gasteiger partial charge >= 0.3 is 0 Å². The van der Waals surface area contributed by atoms with Gasteiger partial charge in [-0.2, -0.15) is 0 Å². The molecule has 3 nitrogen and oxygen atoms in total. The summed E-state index contributed by atoms with van der Waals surface area (Å²) in [7, 11) is 0. The first kappa shape index (κ1) is 14.9. The zero-order valence-corrected chi connectivity index (χ0v) is 11.4. The second kappa shape index (κ2) is 5.47. The average molecular weight is 294 g/mol. The number of carbonyl (C=O) groups is 1. The minimum absolute atomic E-state index is 0.457. The Morgan fingerprint density at radius 3 is 2.19 bits per heavy atom. The van der Waals surface area contributed by atoms with E-state index in [0.29, 0.717) is 28.6 Å². The SMILES string of the molecule is Cc1cc(N)cc(C)c1NC(=O)c1ccc(F)c(F)c1F. The Balaban J connectivity index is 2.38. The van der Waals surface area contributed by atoms with Crippen molar-refractivity contribution in [1.82, 2.24) is 0 Å². The molecule has 0 heterocycles. The number of rotatable bonds is 2. The van der Waals surface area contributed by atoms with Gasteiger partial charge in [-0.15, -0.1) is 0 Å². The molecule has 0 fully saturated rings. The van der Waals surface area contributed by atoms with E-state index < -0.39 is 28.9 Å². The van der Waals surface area contributed by atoms with E-state index in [4.69, 9.17) is 5.73 Å². The molecule has 110 valence electrons. The molecule has 2 aromatic carbocycles. The average Bonchev–Trinajstić information content (AvgIpc) is 2.40. The summed E-state index contributed by atoms with van der Waals surface area (Å²) < 4.78 is 39.6. The van der Waals surface area contributed by atoms with Crippen LogP contribution in [0.1, 0.15) is 21.5 Å². The fourth-order valence-corrected chi connectivity index (χ4v) is 2.08. The van der Waals surface area contributed by atoms with Crippen LogP contribution in [0.15, 0.2) is 24.3 Å². The van der Waals surface area contributed by atoms with E-state index in [-0.39, 0.29) is 0 Å². The summed E-state index contributed by atoms with van der Waals surface area (Å²) in [4.78, 5) is 12.0. The summed E-state index contributed by atoms with van der Waals surface area (Å²) in [6.45, 7) is 3.45. The van der Waals surface area contributed by atoms with Crippen LogP contribution in [0.4, 0.5) is 24.5 Å². The van der Waals surface area contributed by atoms with Crippen LogP contribution in [0.25, 0.3) is 0 Å². The molecule has 2 aromatic rings. The van der Waals surface area contributed by atoms with Gasteiger partial charge in [-0.1, -0.05) is 0 Å². The Kier molecular flexibility index (Phi) is 3.88. The highest BCUT2D eigenvalue weighted by molar-refractivity contribution is 6.05. The Morgan fingerprint density at radius 2 is 1.62 bits per heavy atom. The first-order valence-electron chi connectivity index (χ1n) is 6.13. The smallest absolute Gasteiger partial charge is 0.258 e. The molecule has 0 aliphatic rings. The van der Waals surface area contributed by atoms with Crippen LogP contribution in [0.5, 0.6) is 0 Å². The Labute approximate surface area is 119 Å². The van der Waals surface area contributed by atoms with Crippen molar-refractivity contribution < 1.29 is 18.0 Å². The van der Waals surface area contributed by atoms with Gasteiger partial charge in [-0.25, -0.2) is 13.2 Å². The van der Waals surface area contributed by atoms with E-state index in [1.54, 1.807) is 26.0 Å². The molecule has 0 aliphatic heterocycles. The summed E-state index contributed by atoms with van der Waals surface area (Å²) in [6.07, 6.45) is 0. The predicted octanol–water partition coefficient (Wildman–Crippen LogP) is 3.56. The van der Waals surface area contributed by atoms with E-state index >= 15 is 0 Å². The van der Waals surface area contributed by atoms with Crippen LogP contribution in [0.2, 0.25) is 0 Å². The van der Waals surface area contributed by atoms with Gasteiger partial charge in [-0.05, 0) is 49.2 Å². The lowest BCUT2D eigenvalue weighted by atomic mass is 10.1. The van der Waals surface area contributed by atoms with Crippen molar-refractivity contribution in [2.75, 3.05) is 11.1 Å². The Bertz CT molecular complexity index is 706. The zero-order chi connectivity index (χ0) is 15.7. The number of aryl methyl sites for hydroxylation is 2. The van der Waals surface area contributed by atoms with Crippen molar-refractivity contribution in [3.63, 3.8) is 0 Å². The van der Waals surface area contributed by atoms with Crippen LogP contribution in [-0.2, 0) is 0 Å². The molecular weight excluding hydrogens is 281 g/mol. The number of nitrogen functional groups attached to an aromatic ring is 1. The third-order valence-corrected chi connectivity index (χ3v) is 3.07. The monoisotopic (exact) mass is 294 g/mol. The Morgan fingerprint density at radius 1 is 1.05 bits per heavy atom. The molecule has 0 atom stereocenters. The van der Waals surface area contributed by atoms with Gasteiger partial charge in [0, 0.05) is 11.4 Å². The van der Waals surface area contributed by atoms with E-state index in [2.05, 4.69) is 5.32 Å². The maximum absolute atomic E-state index is 13.6. The van der Waals surface area contributed by atoms with Crippen molar-refractivity contribution in [1.29, 1.82) is 0 Å². The number of nitrogens with one attached hydrogen (secondary N) is 1. The van der Waals surface area contributed by atoms with Crippen molar-refractivity contribution in [2.45, 2.75) is 13.8 Å². The van der Waals surface area contributed by atoms with E-state index in [1.165, 1.54) is 0 Å². The van der Waals surface area contributed by atoms with Crippen LogP contribution in [0.3, 0.4) is 0 Å². The van der Waals surface area contributed by atoms with Gasteiger partial charge < -0.3 is 11.1 Å². The highest BCUT2D eigenvalue weighted by Gasteiger charge is 2.19. The highest BCUT2D eigenvalue weighted by atomic mass is 19.2. The maximum Gasteiger partial charge on any atom is 0.258 e. The lowest BCUT2D eigenvalue weighted by molar-refractivity contribution is 0.102. The molecule has 0 unspecified atom stereocenters. The fraction of sp³-hybridized carbons (Fsp3) is 0.133. The minimum atomic E-state index is -1.67. The number of anilines is 2. The quantitative estimate of drug-likeness (QED) is 0.657. The first-order chi connectivity index (χ1) is 9.81. The van der Waals surface area contributed by atoms with Crippen LogP contribution < -0.4 is 11.1 Å². The number of amides is 1. The number of carbonyl (C=O) groups excluding carboxylic acids is 1. The number of nitrogens with two attached hydrogens (primary N) is 1. The third kappa shape index (κ3) is 2.84. The largest absolute Gasteiger partial charge is 0.399 e. The summed E-state index contributed by atoms with van der Waals surface area (Å²) in [5, 5.41) is 2.49. The number of benzene rings is 2. The molecular formula is C15H13F3N2O. The zero-order valence-electron chi connectivity index (χ0n) is 11.4. The fourth-order valence-electron chi connectivity index (χ4n) is 2.08. The first-order valence-corrected chi connectivity index (χ1v) is 6.13. The topological polar surface area (TPSA) is 55.1 Å². The number of halogens is 3. The second-order valence-corrected chi connectivity index (χ2v) is 4.71. The molecule has 0 radical (unpaired) electrons. The molecule has 0 saturated heterocycles. The van der Waals surface area contributed by atoms with Crippen molar-refractivity contribution in [3.05, 3.63) is 58.4 Å². The van der Waals surface area contributed by atoms with Gasteiger partial charge in [0.25, 0.3) is 5.91 Å². The van der Waals surface area contributed by atoms with Crippen LogP contribution in [-0.4, -0.2) is 5.91 Å². The number of hydrogen-bond donors (Lipinski definition) is 2. The molecule has 2 rings (SSSR count). The molecule has 0 aromatic heterocycles. The highest BCUT2D eigenvalue weighted by Crippen LogP contribution is 2.24. The lowest BCUT2D eigenvalue weighted by Crippen LogP contribution is -2.16. The molecule has 0 aliphatic carbocycles. The lowest BCUT2D eigenvalue weighted by Gasteiger charge is -2.13. The van der Waals surface area contributed by atoms with Gasteiger partial charge in [0.15, 0.2) is 17.5 Å². The molecule has 6 heteroatoms. The summed E-state index contributed by atoms with van der Waals surface area (Å²) in [6, 6.07) is 4.88. The third-order valence-electron chi connectivity index (χ3n) is 3.07. The predicted molar refractivity (Wildman–Crippen MR) is 74.6 cm³/mol. The second-order valence-electron chi connectivity index (χ2n) is 4.71.